The number of carbonyl (C=O) groups is 1. The number of ketones is 1. The first-order valence-electron chi connectivity index (χ1n) is 10.9. The Labute approximate surface area is 181 Å². The molecule has 0 saturated carbocycles. The number of allylic oxidation sites excluding steroid dienone is 8. The molecule has 4 rings (SSSR count). The third kappa shape index (κ3) is 2.79. The summed E-state index contributed by atoms with van der Waals surface area (Å²) in [5.74, 6) is 0.939. The zero-order valence-corrected chi connectivity index (χ0v) is 18.6. The maximum atomic E-state index is 12.6. The zero-order valence-electron chi connectivity index (χ0n) is 18.6. The first-order chi connectivity index (χ1) is 14.2. The highest BCUT2D eigenvalue weighted by Gasteiger charge is 2.53. The van der Waals surface area contributed by atoms with Gasteiger partial charge in [-0.3, -0.25) is 4.79 Å². The number of aryl methyl sites for hydroxylation is 1. The molecule has 1 nitrogen and oxygen atoms in total. The second-order valence-corrected chi connectivity index (χ2v) is 9.49. The summed E-state index contributed by atoms with van der Waals surface area (Å²) in [5.41, 5.74) is 9.92. The van der Waals surface area contributed by atoms with Gasteiger partial charge in [-0.05, 0) is 83.6 Å². The van der Waals surface area contributed by atoms with Crippen molar-refractivity contribution in [1.82, 2.24) is 0 Å². The number of carbonyl (C=O) groups excluding carboxylic acids is 1. The van der Waals surface area contributed by atoms with Crippen molar-refractivity contribution in [1.29, 1.82) is 0 Å². The molecule has 0 bridgehead atoms. The molecular formula is C29H32O. The Hall–Kier alpha value is -2.67. The van der Waals surface area contributed by atoms with E-state index in [0.717, 1.165) is 29.6 Å². The number of benzene rings is 1. The summed E-state index contributed by atoms with van der Waals surface area (Å²) < 4.78 is 0. The van der Waals surface area contributed by atoms with E-state index in [1.165, 1.54) is 33.9 Å². The van der Waals surface area contributed by atoms with Crippen LogP contribution in [0, 0.1) is 30.1 Å². The van der Waals surface area contributed by atoms with E-state index in [1.54, 1.807) is 0 Å². The van der Waals surface area contributed by atoms with Crippen LogP contribution < -0.4 is 0 Å². The van der Waals surface area contributed by atoms with Crippen molar-refractivity contribution < 1.29 is 4.79 Å². The van der Waals surface area contributed by atoms with Crippen LogP contribution in [0.4, 0.5) is 0 Å². The SMILES string of the molecule is C=CC(=O)C[C@H]1C2CC=C(C=C)C(=C)C2C(C)=C2C(=C)c3c(C)cccc3C[C@@]21C. The van der Waals surface area contributed by atoms with Crippen molar-refractivity contribution in [3.63, 3.8) is 0 Å². The van der Waals surface area contributed by atoms with Gasteiger partial charge >= 0.3 is 0 Å². The average Bonchev–Trinajstić information content (AvgIpc) is 2.70. The molecule has 4 atom stereocenters. The fourth-order valence-electron chi connectivity index (χ4n) is 6.73. The van der Waals surface area contributed by atoms with Crippen molar-refractivity contribution >= 4 is 11.4 Å². The van der Waals surface area contributed by atoms with Crippen molar-refractivity contribution in [3.05, 3.63) is 102 Å². The lowest BCUT2D eigenvalue weighted by Gasteiger charge is -2.55. The lowest BCUT2D eigenvalue weighted by atomic mass is 9.48. The predicted molar refractivity (Wildman–Crippen MR) is 127 cm³/mol. The largest absolute Gasteiger partial charge is 0.295 e. The molecule has 0 heterocycles. The first-order valence-corrected chi connectivity index (χ1v) is 10.9. The molecule has 0 radical (unpaired) electrons. The van der Waals surface area contributed by atoms with E-state index in [4.69, 9.17) is 0 Å². The van der Waals surface area contributed by atoms with Gasteiger partial charge in [-0.1, -0.05) is 69.2 Å². The molecule has 0 fully saturated rings. The molecule has 0 amide bonds. The van der Waals surface area contributed by atoms with E-state index in [2.05, 4.69) is 71.4 Å². The highest BCUT2D eigenvalue weighted by atomic mass is 16.1. The van der Waals surface area contributed by atoms with E-state index in [0.29, 0.717) is 12.3 Å². The summed E-state index contributed by atoms with van der Waals surface area (Å²) in [6, 6.07) is 6.55. The Morgan fingerprint density at radius 3 is 2.63 bits per heavy atom. The Morgan fingerprint density at radius 1 is 1.23 bits per heavy atom. The quantitative estimate of drug-likeness (QED) is 0.502. The van der Waals surface area contributed by atoms with E-state index >= 15 is 0 Å². The van der Waals surface area contributed by atoms with Crippen molar-refractivity contribution in [2.24, 2.45) is 23.2 Å². The second-order valence-electron chi connectivity index (χ2n) is 9.49. The summed E-state index contributed by atoms with van der Waals surface area (Å²) in [6.07, 6.45) is 8.09. The lowest BCUT2D eigenvalue weighted by Crippen LogP contribution is -2.48. The molecule has 1 aromatic rings. The van der Waals surface area contributed by atoms with Gasteiger partial charge in [0.1, 0.15) is 0 Å². The molecule has 1 aromatic carbocycles. The van der Waals surface area contributed by atoms with Gasteiger partial charge in [0.15, 0.2) is 5.78 Å². The molecule has 0 aromatic heterocycles. The average molecular weight is 397 g/mol. The van der Waals surface area contributed by atoms with Gasteiger partial charge in [0.2, 0.25) is 0 Å². The van der Waals surface area contributed by atoms with Crippen molar-refractivity contribution in [3.8, 4) is 0 Å². The van der Waals surface area contributed by atoms with Gasteiger partial charge in [0, 0.05) is 17.8 Å². The highest BCUT2D eigenvalue weighted by molar-refractivity contribution is 5.90. The van der Waals surface area contributed by atoms with Crippen LogP contribution in [-0.4, -0.2) is 5.78 Å². The minimum atomic E-state index is -0.123. The van der Waals surface area contributed by atoms with Crippen LogP contribution in [0.5, 0.6) is 0 Å². The van der Waals surface area contributed by atoms with E-state index in [-0.39, 0.29) is 23.0 Å². The Bertz CT molecular complexity index is 1060. The minimum absolute atomic E-state index is 0.123. The molecule has 3 aliphatic rings. The number of fused-ring (bicyclic) bond motifs is 3. The third-order valence-electron chi connectivity index (χ3n) is 7.94. The van der Waals surface area contributed by atoms with Crippen LogP contribution in [-0.2, 0) is 11.2 Å². The normalized spacial score (nSPS) is 30.1. The van der Waals surface area contributed by atoms with Crippen LogP contribution in [0.2, 0.25) is 0 Å². The molecule has 30 heavy (non-hydrogen) atoms. The van der Waals surface area contributed by atoms with Crippen LogP contribution >= 0.6 is 0 Å². The summed E-state index contributed by atoms with van der Waals surface area (Å²) in [7, 11) is 0. The van der Waals surface area contributed by atoms with Crippen LogP contribution in [0.15, 0.2) is 85.0 Å². The smallest absolute Gasteiger partial charge is 0.155 e. The minimum Gasteiger partial charge on any atom is -0.295 e. The van der Waals surface area contributed by atoms with E-state index in [9.17, 15) is 4.79 Å². The molecular weight excluding hydrogens is 364 g/mol. The first kappa shape index (κ1) is 20.6. The summed E-state index contributed by atoms with van der Waals surface area (Å²) in [5, 5.41) is 0. The molecule has 3 aliphatic carbocycles. The summed E-state index contributed by atoms with van der Waals surface area (Å²) >= 11 is 0. The standard InChI is InChI=1S/C29H32O/c1-8-21-13-14-24-25(15-23(30)9-2)29(7)16-22-12-10-11-17(3)26(22)19(5)28(29)20(6)27(24)18(21)4/h8-13,24-25,27H,1-2,4-5,14-16H2,3,6-7H3/t24?,25-,27?,29+/m0/s1. The Morgan fingerprint density at radius 2 is 1.97 bits per heavy atom. The van der Waals surface area contributed by atoms with E-state index < -0.39 is 0 Å². The highest BCUT2D eigenvalue weighted by Crippen LogP contribution is 2.62. The van der Waals surface area contributed by atoms with Crippen LogP contribution in [0.1, 0.15) is 43.4 Å². The maximum Gasteiger partial charge on any atom is 0.155 e. The molecule has 2 unspecified atom stereocenters. The number of hydrogen-bond acceptors (Lipinski definition) is 1. The molecule has 0 aliphatic heterocycles. The fraction of sp³-hybridized carbons (Fsp3) is 0.345. The van der Waals surface area contributed by atoms with Gasteiger partial charge in [0.25, 0.3) is 0 Å². The number of rotatable bonds is 4. The molecule has 1 heteroatoms. The summed E-state index contributed by atoms with van der Waals surface area (Å²) in [4.78, 5) is 12.6. The van der Waals surface area contributed by atoms with Gasteiger partial charge in [0.05, 0.1) is 0 Å². The number of hydrogen-bond donors (Lipinski definition) is 0. The zero-order chi connectivity index (χ0) is 21.8. The van der Waals surface area contributed by atoms with Crippen molar-refractivity contribution in [2.45, 2.75) is 40.0 Å². The van der Waals surface area contributed by atoms with Gasteiger partial charge in [-0.25, -0.2) is 0 Å². The maximum absolute atomic E-state index is 12.6. The molecule has 154 valence electrons. The van der Waals surface area contributed by atoms with Crippen LogP contribution in [0.3, 0.4) is 0 Å². The Kier molecular flexibility index (Phi) is 4.97. The van der Waals surface area contributed by atoms with E-state index in [1.807, 2.05) is 6.08 Å². The monoisotopic (exact) mass is 396 g/mol. The predicted octanol–water partition coefficient (Wildman–Crippen LogP) is 6.97. The van der Waals surface area contributed by atoms with Gasteiger partial charge < -0.3 is 0 Å². The lowest BCUT2D eigenvalue weighted by molar-refractivity contribution is -0.117. The molecule has 0 N–H and O–H groups in total. The van der Waals surface area contributed by atoms with Crippen molar-refractivity contribution in [2.75, 3.05) is 0 Å². The van der Waals surface area contributed by atoms with Crippen LogP contribution in [0.25, 0.3) is 5.57 Å². The van der Waals surface area contributed by atoms with Gasteiger partial charge in [-0.2, -0.15) is 0 Å². The fourth-order valence-corrected chi connectivity index (χ4v) is 6.73. The molecule has 0 saturated heterocycles. The Balaban J connectivity index is 1.97. The van der Waals surface area contributed by atoms with Gasteiger partial charge in [-0.15, -0.1) is 0 Å². The topological polar surface area (TPSA) is 17.1 Å². The second kappa shape index (κ2) is 7.23. The third-order valence-corrected chi connectivity index (χ3v) is 7.94. The molecule has 0 spiro atoms. The summed E-state index contributed by atoms with van der Waals surface area (Å²) in [6.45, 7) is 23.6.